The first-order chi connectivity index (χ1) is 12.1. The Labute approximate surface area is 166 Å². The van der Waals surface area contributed by atoms with Gasteiger partial charge >= 0.3 is 0 Å². The zero-order chi connectivity index (χ0) is 17.6. The van der Waals surface area contributed by atoms with E-state index in [2.05, 4.69) is 35.0 Å². The molecule has 2 aromatic rings. The van der Waals surface area contributed by atoms with Crippen LogP contribution in [0.15, 0.2) is 48.5 Å². The van der Waals surface area contributed by atoms with Gasteiger partial charge in [-0.1, -0.05) is 41.9 Å². The van der Waals surface area contributed by atoms with Gasteiger partial charge < -0.3 is 16.0 Å². The van der Waals surface area contributed by atoms with Crippen LogP contribution in [0, 0.1) is 5.92 Å². The van der Waals surface area contributed by atoms with Gasteiger partial charge in [-0.3, -0.25) is 4.79 Å². The van der Waals surface area contributed by atoms with E-state index in [1.54, 1.807) is 6.07 Å². The molecule has 1 amide bonds. The molecular formula is C20H25Cl2N3O. The zero-order valence-electron chi connectivity index (χ0n) is 14.8. The summed E-state index contributed by atoms with van der Waals surface area (Å²) in [6, 6.07) is 15.9. The van der Waals surface area contributed by atoms with Gasteiger partial charge in [-0.05, 0) is 56.0 Å². The van der Waals surface area contributed by atoms with Crippen LogP contribution < -0.4 is 16.0 Å². The van der Waals surface area contributed by atoms with Gasteiger partial charge in [0, 0.05) is 11.7 Å². The van der Waals surface area contributed by atoms with Gasteiger partial charge in [0.25, 0.3) is 0 Å². The van der Waals surface area contributed by atoms with Gasteiger partial charge in [0.05, 0.1) is 17.3 Å². The number of rotatable bonds is 8. The van der Waals surface area contributed by atoms with Gasteiger partial charge in [-0.15, -0.1) is 12.4 Å². The highest BCUT2D eigenvalue weighted by molar-refractivity contribution is 6.33. The molecule has 4 nitrogen and oxygen atoms in total. The third kappa shape index (κ3) is 6.20. The largest absolute Gasteiger partial charge is 0.377 e. The maximum Gasteiger partial charge on any atom is 0.238 e. The molecule has 26 heavy (non-hydrogen) atoms. The minimum absolute atomic E-state index is 0. The molecule has 3 N–H and O–H groups in total. The van der Waals surface area contributed by atoms with Crippen LogP contribution in [0.5, 0.6) is 0 Å². The fourth-order valence-electron chi connectivity index (χ4n) is 2.69. The summed E-state index contributed by atoms with van der Waals surface area (Å²) in [5.41, 5.74) is 2.75. The third-order valence-corrected chi connectivity index (χ3v) is 4.65. The monoisotopic (exact) mass is 393 g/mol. The highest BCUT2D eigenvalue weighted by Crippen LogP contribution is 2.29. The number of anilines is 2. The second kappa shape index (κ2) is 9.81. The number of nitrogens with one attached hydrogen (secondary N) is 3. The molecule has 0 aliphatic heterocycles. The molecule has 1 aliphatic carbocycles. The Hall–Kier alpha value is -1.75. The van der Waals surface area contributed by atoms with E-state index >= 15 is 0 Å². The predicted molar refractivity (Wildman–Crippen MR) is 111 cm³/mol. The van der Waals surface area contributed by atoms with Crippen molar-refractivity contribution in [1.82, 2.24) is 5.32 Å². The number of carbonyl (C=O) groups excluding carboxylic acids is 1. The summed E-state index contributed by atoms with van der Waals surface area (Å²) >= 11 is 6.37. The minimum Gasteiger partial charge on any atom is -0.377 e. The molecule has 2 aromatic carbocycles. The Morgan fingerprint density at radius 1 is 1.19 bits per heavy atom. The van der Waals surface area contributed by atoms with Crippen LogP contribution in [0.4, 0.5) is 11.4 Å². The van der Waals surface area contributed by atoms with Crippen molar-refractivity contribution in [2.24, 2.45) is 5.92 Å². The minimum atomic E-state index is -0.0462. The summed E-state index contributed by atoms with van der Waals surface area (Å²) < 4.78 is 0. The van der Waals surface area contributed by atoms with Crippen LogP contribution in [-0.4, -0.2) is 19.0 Å². The Balaban J connectivity index is 0.00000243. The van der Waals surface area contributed by atoms with Crippen LogP contribution in [0.3, 0.4) is 0 Å². The second-order valence-corrected chi connectivity index (χ2v) is 7.00. The van der Waals surface area contributed by atoms with Crippen molar-refractivity contribution in [3.63, 3.8) is 0 Å². The molecule has 140 valence electrons. The van der Waals surface area contributed by atoms with E-state index in [-0.39, 0.29) is 24.4 Å². The standard InChI is InChI=1S/C20H24ClN3O.ClH/c1-14(16-5-3-2-4-6-16)23-19-10-9-17(11-18(19)21)24-20(25)13-22-12-15-7-8-15;/h2-6,9-11,14-15,22-23H,7-8,12-13H2,1H3,(H,24,25);1H. The molecule has 6 heteroatoms. The maximum atomic E-state index is 11.9. The van der Waals surface area contributed by atoms with Crippen LogP contribution in [0.2, 0.25) is 5.02 Å². The number of benzene rings is 2. The molecule has 3 rings (SSSR count). The van der Waals surface area contributed by atoms with Crippen molar-refractivity contribution >= 4 is 41.3 Å². The van der Waals surface area contributed by atoms with E-state index in [1.165, 1.54) is 18.4 Å². The van der Waals surface area contributed by atoms with Gasteiger partial charge in [-0.2, -0.15) is 0 Å². The lowest BCUT2D eigenvalue weighted by atomic mass is 10.1. The molecule has 0 saturated heterocycles. The van der Waals surface area contributed by atoms with Gasteiger partial charge in [0.2, 0.25) is 5.91 Å². The molecule has 1 atom stereocenters. The van der Waals surface area contributed by atoms with Crippen LogP contribution >= 0.6 is 24.0 Å². The summed E-state index contributed by atoms with van der Waals surface area (Å²) in [4.78, 5) is 11.9. The first kappa shape index (κ1) is 20.6. The van der Waals surface area contributed by atoms with E-state index in [0.717, 1.165) is 18.2 Å². The van der Waals surface area contributed by atoms with E-state index in [9.17, 15) is 4.79 Å². The quantitative estimate of drug-likeness (QED) is 0.599. The van der Waals surface area contributed by atoms with Gasteiger partial charge in [0.1, 0.15) is 0 Å². The Bertz CT molecular complexity index is 720. The third-order valence-electron chi connectivity index (χ3n) is 4.34. The highest BCUT2D eigenvalue weighted by atomic mass is 35.5. The molecule has 1 unspecified atom stereocenters. The molecule has 0 aromatic heterocycles. The fraction of sp³-hybridized carbons (Fsp3) is 0.350. The first-order valence-electron chi connectivity index (χ1n) is 8.73. The second-order valence-electron chi connectivity index (χ2n) is 6.59. The van der Waals surface area contributed by atoms with Crippen molar-refractivity contribution in [2.45, 2.75) is 25.8 Å². The molecule has 0 heterocycles. The average Bonchev–Trinajstić information content (AvgIpc) is 3.42. The van der Waals surface area contributed by atoms with Crippen molar-refractivity contribution in [2.75, 3.05) is 23.7 Å². The molecule has 1 fully saturated rings. The summed E-state index contributed by atoms with van der Waals surface area (Å²) in [6.07, 6.45) is 2.56. The van der Waals surface area contributed by atoms with E-state index in [1.807, 2.05) is 30.3 Å². The average molecular weight is 394 g/mol. The molecule has 0 bridgehead atoms. The normalized spacial score (nSPS) is 14.2. The summed E-state index contributed by atoms with van der Waals surface area (Å²) in [7, 11) is 0. The van der Waals surface area contributed by atoms with Crippen molar-refractivity contribution in [3.05, 3.63) is 59.1 Å². The van der Waals surface area contributed by atoms with Gasteiger partial charge in [-0.25, -0.2) is 0 Å². The molecule has 0 spiro atoms. The van der Waals surface area contributed by atoms with Crippen LogP contribution in [0.25, 0.3) is 0 Å². The Kier molecular flexibility index (Phi) is 7.76. The molecule has 0 radical (unpaired) electrons. The predicted octanol–water partition coefficient (Wildman–Crippen LogP) is 4.87. The van der Waals surface area contributed by atoms with Crippen molar-refractivity contribution < 1.29 is 4.79 Å². The van der Waals surface area contributed by atoms with Crippen LogP contribution in [0.1, 0.15) is 31.4 Å². The van der Waals surface area contributed by atoms with E-state index < -0.39 is 0 Å². The Morgan fingerprint density at radius 2 is 1.92 bits per heavy atom. The lowest BCUT2D eigenvalue weighted by molar-refractivity contribution is -0.115. The highest BCUT2D eigenvalue weighted by Gasteiger charge is 2.20. The maximum absolute atomic E-state index is 11.9. The lowest BCUT2D eigenvalue weighted by Crippen LogP contribution is -2.29. The molecular weight excluding hydrogens is 369 g/mol. The fourth-order valence-corrected chi connectivity index (χ4v) is 2.92. The molecule has 1 aliphatic rings. The first-order valence-corrected chi connectivity index (χ1v) is 9.11. The lowest BCUT2D eigenvalue weighted by Gasteiger charge is -2.17. The number of carbonyl (C=O) groups is 1. The number of halogens is 2. The van der Waals surface area contributed by atoms with E-state index in [4.69, 9.17) is 11.6 Å². The van der Waals surface area contributed by atoms with Crippen molar-refractivity contribution in [3.8, 4) is 0 Å². The molecule has 1 saturated carbocycles. The SMILES string of the molecule is CC(Nc1ccc(NC(=O)CNCC2CC2)cc1Cl)c1ccccc1.Cl. The summed E-state index contributed by atoms with van der Waals surface area (Å²) in [5, 5.41) is 10.0. The number of hydrogen-bond acceptors (Lipinski definition) is 3. The summed E-state index contributed by atoms with van der Waals surface area (Å²) in [5.74, 6) is 0.717. The smallest absolute Gasteiger partial charge is 0.238 e. The summed E-state index contributed by atoms with van der Waals surface area (Å²) in [6.45, 7) is 3.35. The van der Waals surface area contributed by atoms with E-state index in [0.29, 0.717) is 17.3 Å². The van der Waals surface area contributed by atoms with Gasteiger partial charge in [0.15, 0.2) is 0 Å². The zero-order valence-corrected chi connectivity index (χ0v) is 16.4. The van der Waals surface area contributed by atoms with Crippen molar-refractivity contribution in [1.29, 1.82) is 0 Å². The van der Waals surface area contributed by atoms with Crippen LogP contribution in [-0.2, 0) is 4.79 Å². The topological polar surface area (TPSA) is 53.2 Å². The number of amides is 1. The number of hydrogen-bond donors (Lipinski definition) is 3. The Morgan fingerprint density at radius 3 is 2.58 bits per heavy atom.